The number of pyridine rings is 1. The molecule has 4 heterocycles. The molecule has 4 rings (SSSR count). The highest BCUT2D eigenvalue weighted by Crippen LogP contribution is 2.52. The first-order valence-corrected chi connectivity index (χ1v) is 10.5. The molecule has 11 heteroatoms. The summed E-state index contributed by atoms with van der Waals surface area (Å²) >= 11 is 2.57. The van der Waals surface area contributed by atoms with Gasteiger partial charge in [0.05, 0.1) is 34.4 Å². The molecule has 0 bridgehead atoms. The Morgan fingerprint density at radius 1 is 1.52 bits per heavy atom. The molecular formula is C18H18N4O5S2. The molecule has 2 aliphatic rings. The number of hydrogen-bond donors (Lipinski definition) is 2. The fourth-order valence-electron chi connectivity index (χ4n) is 3.96. The number of carboxylic acid groups (broad SMARTS) is 1. The third-order valence-electron chi connectivity index (χ3n) is 5.20. The summed E-state index contributed by atoms with van der Waals surface area (Å²) in [4.78, 5) is 41.5. The molecule has 0 unspecified atom stereocenters. The van der Waals surface area contributed by atoms with Crippen molar-refractivity contribution in [1.29, 1.82) is 0 Å². The number of rotatable bonds is 6. The van der Waals surface area contributed by atoms with Gasteiger partial charge >= 0.3 is 0 Å². The average molecular weight is 434 g/mol. The number of primary amides is 1. The van der Waals surface area contributed by atoms with E-state index in [0.29, 0.717) is 14.8 Å². The molecular weight excluding hydrogens is 416 g/mol. The first-order valence-electron chi connectivity index (χ1n) is 8.91. The molecule has 29 heavy (non-hydrogen) atoms. The zero-order chi connectivity index (χ0) is 21.0. The van der Waals surface area contributed by atoms with Crippen LogP contribution in [0.3, 0.4) is 0 Å². The predicted octanol–water partition coefficient (Wildman–Crippen LogP) is -1.02. The van der Waals surface area contributed by atoms with Crippen molar-refractivity contribution in [2.45, 2.75) is 36.9 Å². The number of aliphatic carboxylic acids is 1. The van der Waals surface area contributed by atoms with Gasteiger partial charge in [0, 0.05) is 16.9 Å². The third kappa shape index (κ3) is 3.18. The maximum Gasteiger partial charge on any atom is 0.283 e. The van der Waals surface area contributed by atoms with Crippen LogP contribution in [-0.2, 0) is 20.9 Å². The van der Waals surface area contributed by atoms with Crippen molar-refractivity contribution in [3.05, 3.63) is 29.1 Å². The highest BCUT2D eigenvalue weighted by atomic mass is 32.2. The second-order valence-electron chi connectivity index (χ2n) is 7.17. The summed E-state index contributed by atoms with van der Waals surface area (Å²) in [5.74, 6) is -3.18. The van der Waals surface area contributed by atoms with E-state index in [-0.39, 0.29) is 18.2 Å². The Labute approximate surface area is 173 Å². The van der Waals surface area contributed by atoms with Crippen LogP contribution in [0, 0.1) is 11.8 Å². The number of aromatic nitrogens is 2. The average Bonchev–Trinajstić information content (AvgIpc) is 3.11. The van der Waals surface area contributed by atoms with Gasteiger partial charge in [0.15, 0.2) is 16.7 Å². The Kier molecular flexibility index (Phi) is 4.83. The Morgan fingerprint density at radius 3 is 2.86 bits per heavy atom. The minimum atomic E-state index is -1.42. The summed E-state index contributed by atoms with van der Waals surface area (Å²) < 4.78 is 3.11. The Balaban J connectivity index is 1.67. The van der Waals surface area contributed by atoms with Crippen molar-refractivity contribution in [3.63, 3.8) is 0 Å². The lowest BCUT2D eigenvalue weighted by Crippen LogP contribution is -2.64. The fraction of sp³-hybridized carbons (Fsp3) is 0.389. The summed E-state index contributed by atoms with van der Waals surface area (Å²) in [7, 11) is 0. The highest BCUT2D eigenvalue weighted by molar-refractivity contribution is 8.04. The number of β-lactam (4-membered cyclic amide) rings is 1. The van der Waals surface area contributed by atoms with Gasteiger partial charge in [-0.05, 0) is 6.92 Å². The van der Waals surface area contributed by atoms with Crippen molar-refractivity contribution >= 4 is 51.1 Å². The van der Waals surface area contributed by atoms with Crippen molar-refractivity contribution < 1.29 is 29.2 Å². The second-order valence-corrected chi connectivity index (χ2v) is 9.49. The van der Waals surface area contributed by atoms with Gasteiger partial charge in [0.25, 0.3) is 5.91 Å². The SMILES string of the molecule is C[C@@H](O)[C@H]1C(=O)N2C(C(=O)[O-])=C(Sc3nc4c[n+](CC(N)=O)ccc4s3)[C@H](C)[C@H]12. The summed E-state index contributed by atoms with van der Waals surface area (Å²) in [6.07, 6.45) is 2.57. The molecule has 2 aromatic heterocycles. The van der Waals surface area contributed by atoms with Crippen molar-refractivity contribution in [3.8, 4) is 0 Å². The van der Waals surface area contributed by atoms with Crippen LogP contribution in [0.15, 0.2) is 33.4 Å². The maximum absolute atomic E-state index is 12.4. The lowest BCUT2D eigenvalue weighted by molar-refractivity contribution is -0.683. The number of aliphatic hydroxyl groups is 1. The van der Waals surface area contributed by atoms with Crippen LogP contribution in [0.1, 0.15) is 13.8 Å². The Hall–Kier alpha value is -2.50. The van der Waals surface area contributed by atoms with Crippen LogP contribution in [-0.4, -0.2) is 44.9 Å². The summed E-state index contributed by atoms with van der Waals surface area (Å²) in [5, 5.41) is 21.7. The second kappa shape index (κ2) is 7.08. The molecule has 2 amide bonds. The van der Waals surface area contributed by atoms with Gasteiger partial charge < -0.3 is 25.6 Å². The normalized spacial score (nSPS) is 24.6. The van der Waals surface area contributed by atoms with Crippen LogP contribution in [0.25, 0.3) is 10.2 Å². The molecule has 0 aromatic carbocycles. The molecule has 1 saturated heterocycles. The number of thioether (sulfide) groups is 1. The molecule has 9 nitrogen and oxygen atoms in total. The monoisotopic (exact) mass is 434 g/mol. The van der Waals surface area contributed by atoms with Gasteiger partial charge in [0.1, 0.15) is 5.52 Å². The van der Waals surface area contributed by atoms with Gasteiger partial charge in [-0.3, -0.25) is 9.59 Å². The minimum Gasteiger partial charge on any atom is -0.543 e. The minimum absolute atomic E-state index is 0.0342. The predicted molar refractivity (Wildman–Crippen MR) is 102 cm³/mol. The van der Waals surface area contributed by atoms with Crippen LogP contribution in [0.5, 0.6) is 0 Å². The number of hydrogen-bond acceptors (Lipinski definition) is 8. The first-order chi connectivity index (χ1) is 13.7. The van der Waals surface area contributed by atoms with E-state index in [1.165, 1.54) is 34.9 Å². The van der Waals surface area contributed by atoms with Crippen LogP contribution < -0.4 is 15.4 Å². The van der Waals surface area contributed by atoms with Gasteiger partial charge in [0.2, 0.25) is 12.5 Å². The zero-order valence-electron chi connectivity index (χ0n) is 15.6. The molecule has 1 fully saturated rings. The fourth-order valence-corrected chi connectivity index (χ4v) is 6.27. The largest absolute Gasteiger partial charge is 0.543 e. The van der Waals surface area contributed by atoms with E-state index in [2.05, 4.69) is 4.98 Å². The number of carbonyl (C=O) groups is 3. The van der Waals surface area contributed by atoms with Gasteiger partial charge in [-0.15, -0.1) is 11.3 Å². The van der Waals surface area contributed by atoms with Crippen molar-refractivity contribution in [2.75, 3.05) is 0 Å². The highest BCUT2D eigenvalue weighted by Gasteiger charge is 2.58. The van der Waals surface area contributed by atoms with E-state index in [4.69, 9.17) is 5.73 Å². The van der Waals surface area contributed by atoms with Crippen LogP contribution in [0.4, 0.5) is 0 Å². The number of carboxylic acids is 1. The van der Waals surface area contributed by atoms with E-state index in [0.717, 1.165) is 4.70 Å². The van der Waals surface area contributed by atoms with E-state index < -0.39 is 35.8 Å². The van der Waals surface area contributed by atoms with Gasteiger partial charge in [-0.1, -0.05) is 18.7 Å². The molecule has 2 aromatic rings. The van der Waals surface area contributed by atoms with Crippen LogP contribution >= 0.6 is 23.1 Å². The number of nitrogens with zero attached hydrogens (tertiary/aromatic N) is 3. The number of aliphatic hydroxyl groups excluding tert-OH is 1. The Morgan fingerprint density at radius 2 is 2.24 bits per heavy atom. The molecule has 3 N–H and O–H groups in total. The quantitative estimate of drug-likeness (QED) is 0.438. The van der Waals surface area contributed by atoms with Crippen molar-refractivity contribution in [1.82, 2.24) is 9.88 Å². The number of nitrogens with two attached hydrogens (primary N) is 1. The topological polar surface area (TPSA) is 141 Å². The standard InChI is InChI=1S/C18H18N4O5S2/c1-7-13-12(8(2)23)16(25)22(13)14(17(26)27)15(7)29-18-20-9-5-21(6-11(19)24)4-3-10(9)28-18/h3-5,7-8,12-13,23H,6H2,1-2H3,(H2-,19,24,26,27)/t7-,8-,12-,13-/m1/s1. The molecule has 0 aliphatic carbocycles. The van der Waals surface area contributed by atoms with E-state index >= 15 is 0 Å². The smallest absolute Gasteiger partial charge is 0.283 e. The number of carbonyl (C=O) groups excluding carboxylic acids is 3. The molecule has 0 spiro atoms. The number of thiazole rings is 1. The summed E-state index contributed by atoms with van der Waals surface area (Å²) in [6, 6.07) is 1.41. The van der Waals surface area contributed by atoms with Crippen LogP contribution in [0.2, 0.25) is 0 Å². The van der Waals surface area contributed by atoms with E-state index in [9.17, 15) is 24.6 Å². The molecule has 4 atom stereocenters. The van der Waals surface area contributed by atoms with E-state index in [1.54, 1.807) is 17.0 Å². The van der Waals surface area contributed by atoms with E-state index in [1.807, 2.05) is 13.0 Å². The summed E-state index contributed by atoms with van der Waals surface area (Å²) in [5.41, 5.74) is 5.73. The molecule has 0 radical (unpaired) electrons. The third-order valence-corrected chi connectivity index (χ3v) is 7.59. The first kappa shape index (κ1) is 19.8. The lowest BCUT2D eigenvalue weighted by Gasteiger charge is -2.47. The zero-order valence-corrected chi connectivity index (χ0v) is 17.2. The van der Waals surface area contributed by atoms with Gasteiger partial charge in [-0.25, -0.2) is 4.98 Å². The summed E-state index contributed by atoms with van der Waals surface area (Å²) in [6.45, 7) is 3.41. The maximum atomic E-state index is 12.4. The number of fused-ring (bicyclic) bond motifs is 2. The van der Waals surface area contributed by atoms with Gasteiger partial charge in [-0.2, -0.15) is 4.57 Å². The van der Waals surface area contributed by atoms with Crippen molar-refractivity contribution in [2.24, 2.45) is 17.6 Å². The molecule has 2 aliphatic heterocycles. The molecule has 152 valence electrons. The lowest BCUT2D eigenvalue weighted by atomic mass is 9.79. The number of amides is 2. The molecule has 0 saturated carbocycles. The Bertz CT molecular complexity index is 1080.